The van der Waals surface area contributed by atoms with Gasteiger partial charge in [0.15, 0.2) is 0 Å². The maximum atomic E-state index is 10.1. The maximum absolute atomic E-state index is 10.1. The van der Waals surface area contributed by atoms with Crippen molar-refractivity contribution in [3.8, 4) is 17.0 Å². The molecule has 1 saturated heterocycles. The first-order valence-electron chi connectivity index (χ1n) is 12.6. The molecule has 5 rings (SSSR count). The molecule has 1 aliphatic heterocycles. The quantitative estimate of drug-likeness (QED) is 0.272. The number of hydrogen-bond donors (Lipinski definition) is 2. The molecule has 2 N–H and O–H groups in total. The molecule has 0 spiro atoms. The number of fused-ring (bicyclic) bond motifs is 1. The standard InChI is InChI=1S/C27H33N5O4/c33-23-9-10-25-24(17-23)26(30-32(25)27-28-11-16-36-27)22-18-29-31(19-22)12-4-5-13-34-14-6-15-35-20-21-7-2-1-3-8-21/h1-3,7-10,17-19,27-28,33H,4-6,11-16,20H2. The predicted molar refractivity (Wildman–Crippen MR) is 136 cm³/mol. The topological polar surface area (TPSA) is 95.6 Å². The molecule has 9 heteroatoms. The maximum Gasteiger partial charge on any atom is 0.206 e. The average molecular weight is 492 g/mol. The van der Waals surface area contributed by atoms with Gasteiger partial charge in [0.2, 0.25) is 6.35 Å². The summed E-state index contributed by atoms with van der Waals surface area (Å²) in [6, 6.07) is 15.5. The Labute approximate surface area is 210 Å². The molecular formula is C27H33N5O4. The molecule has 0 saturated carbocycles. The van der Waals surface area contributed by atoms with Crippen molar-refractivity contribution in [2.24, 2.45) is 0 Å². The van der Waals surface area contributed by atoms with Crippen LogP contribution >= 0.6 is 0 Å². The fourth-order valence-electron chi connectivity index (χ4n) is 4.31. The average Bonchev–Trinajstić information content (AvgIpc) is 3.65. The molecule has 1 atom stereocenters. The van der Waals surface area contributed by atoms with E-state index in [0.29, 0.717) is 26.4 Å². The highest BCUT2D eigenvalue weighted by Crippen LogP contribution is 2.32. The van der Waals surface area contributed by atoms with Gasteiger partial charge < -0.3 is 19.3 Å². The van der Waals surface area contributed by atoms with Gasteiger partial charge in [-0.1, -0.05) is 30.3 Å². The fourth-order valence-corrected chi connectivity index (χ4v) is 4.31. The van der Waals surface area contributed by atoms with Crippen molar-refractivity contribution < 1.29 is 19.3 Å². The van der Waals surface area contributed by atoms with Crippen LogP contribution in [0.15, 0.2) is 60.9 Å². The highest BCUT2D eigenvalue weighted by molar-refractivity contribution is 5.94. The summed E-state index contributed by atoms with van der Waals surface area (Å²) in [6.07, 6.45) is 6.36. The number of nitrogens with one attached hydrogen (secondary N) is 1. The number of phenols is 1. The summed E-state index contributed by atoms with van der Waals surface area (Å²) in [4.78, 5) is 0. The summed E-state index contributed by atoms with van der Waals surface area (Å²) >= 11 is 0. The van der Waals surface area contributed by atoms with Gasteiger partial charge in [0.25, 0.3) is 0 Å². The van der Waals surface area contributed by atoms with Crippen molar-refractivity contribution in [3.63, 3.8) is 0 Å². The van der Waals surface area contributed by atoms with E-state index < -0.39 is 0 Å². The Morgan fingerprint density at radius 1 is 1.03 bits per heavy atom. The molecular weight excluding hydrogens is 458 g/mol. The summed E-state index contributed by atoms with van der Waals surface area (Å²) in [6.45, 7) is 5.02. The normalized spacial score (nSPS) is 15.7. The highest BCUT2D eigenvalue weighted by atomic mass is 16.5. The van der Waals surface area contributed by atoms with Crippen LogP contribution < -0.4 is 5.32 Å². The van der Waals surface area contributed by atoms with Crippen molar-refractivity contribution >= 4 is 10.9 Å². The van der Waals surface area contributed by atoms with Crippen LogP contribution in [-0.2, 0) is 27.4 Å². The molecule has 190 valence electrons. The zero-order valence-corrected chi connectivity index (χ0v) is 20.4. The van der Waals surface area contributed by atoms with Crippen LogP contribution in [-0.4, -0.2) is 57.6 Å². The fraction of sp³-hybridized carbons (Fsp3) is 0.407. The Bertz CT molecular complexity index is 1230. The van der Waals surface area contributed by atoms with E-state index in [2.05, 4.69) is 22.5 Å². The minimum Gasteiger partial charge on any atom is -0.508 e. The summed E-state index contributed by atoms with van der Waals surface area (Å²) in [5.41, 5.74) is 3.79. The number of aromatic hydroxyl groups is 1. The van der Waals surface area contributed by atoms with Crippen LogP contribution in [0, 0.1) is 0 Å². The van der Waals surface area contributed by atoms with E-state index in [1.165, 1.54) is 5.56 Å². The van der Waals surface area contributed by atoms with E-state index in [0.717, 1.165) is 61.1 Å². The predicted octanol–water partition coefficient (Wildman–Crippen LogP) is 4.09. The second-order valence-corrected chi connectivity index (χ2v) is 8.88. The van der Waals surface area contributed by atoms with Crippen molar-refractivity contribution in [3.05, 3.63) is 66.5 Å². The Kier molecular flexibility index (Phi) is 8.24. The van der Waals surface area contributed by atoms with Gasteiger partial charge in [0.05, 0.1) is 24.9 Å². The molecule has 0 amide bonds. The minimum absolute atomic E-state index is 0.207. The van der Waals surface area contributed by atoms with Gasteiger partial charge in [-0.25, -0.2) is 4.68 Å². The van der Waals surface area contributed by atoms with Crippen molar-refractivity contribution in [2.75, 3.05) is 33.0 Å². The van der Waals surface area contributed by atoms with Gasteiger partial charge in [0, 0.05) is 50.1 Å². The molecule has 2 aromatic carbocycles. The lowest BCUT2D eigenvalue weighted by molar-refractivity contribution is 0.0382. The number of aryl methyl sites for hydroxylation is 1. The number of benzene rings is 2. The number of phenolic OH excluding ortho intramolecular Hbond substituents is 1. The van der Waals surface area contributed by atoms with E-state index in [-0.39, 0.29) is 12.1 Å². The zero-order chi connectivity index (χ0) is 24.6. The zero-order valence-electron chi connectivity index (χ0n) is 20.4. The van der Waals surface area contributed by atoms with Crippen LogP contribution in [0.1, 0.15) is 31.2 Å². The summed E-state index contributed by atoms with van der Waals surface area (Å²) in [5, 5.41) is 23.5. The van der Waals surface area contributed by atoms with Crippen LogP contribution in [0.4, 0.5) is 0 Å². The Morgan fingerprint density at radius 2 is 1.89 bits per heavy atom. The van der Waals surface area contributed by atoms with Gasteiger partial charge in [-0.15, -0.1) is 0 Å². The monoisotopic (exact) mass is 491 g/mol. The summed E-state index contributed by atoms with van der Waals surface area (Å²) in [5.74, 6) is 0.207. The molecule has 0 aliphatic carbocycles. The molecule has 3 heterocycles. The number of rotatable bonds is 13. The van der Waals surface area contributed by atoms with E-state index in [4.69, 9.17) is 19.3 Å². The Balaban J connectivity index is 1.05. The molecule has 9 nitrogen and oxygen atoms in total. The van der Waals surface area contributed by atoms with E-state index in [1.807, 2.05) is 46.0 Å². The molecule has 0 bridgehead atoms. The smallest absolute Gasteiger partial charge is 0.206 e. The van der Waals surface area contributed by atoms with Crippen LogP contribution in [0.5, 0.6) is 5.75 Å². The first-order chi connectivity index (χ1) is 17.8. The first kappa shape index (κ1) is 24.5. The number of aromatic nitrogens is 4. The summed E-state index contributed by atoms with van der Waals surface area (Å²) < 4.78 is 20.9. The highest BCUT2D eigenvalue weighted by Gasteiger charge is 2.23. The van der Waals surface area contributed by atoms with Crippen LogP contribution in [0.2, 0.25) is 0 Å². The molecule has 1 unspecified atom stereocenters. The molecule has 1 aliphatic rings. The van der Waals surface area contributed by atoms with Gasteiger partial charge >= 0.3 is 0 Å². The third-order valence-electron chi connectivity index (χ3n) is 6.13. The van der Waals surface area contributed by atoms with Gasteiger partial charge in [-0.3, -0.25) is 10.00 Å². The number of unbranched alkanes of at least 4 members (excludes halogenated alkanes) is 1. The SMILES string of the molecule is Oc1ccc2c(c1)c(-c1cnn(CCCCOCCCOCc3ccccc3)c1)nn2C1NCCO1. The van der Waals surface area contributed by atoms with Crippen LogP contribution in [0.3, 0.4) is 0 Å². The van der Waals surface area contributed by atoms with Gasteiger partial charge in [-0.05, 0) is 43.0 Å². The van der Waals surface area contributed by atoms with E-state index in [9.17, 15) is 5.11 Å². The largest absolute Gasteiger partial charge is 0.508 e. The number of nitrogens with zero attached hydrogens (tertiary/aromatic N) is 4. The Hall–Kier alpha value is -3.24. The van der Waals surface area contributed by atoms with Crippen molar-refractivity contribution in [2.45, 2.75) is 38.8 Å². The van der Waals surface area contributed by atoms with Gasteiger partial charge in [-0.2, -0.15) is 10.2 Å². The second kappa shape index (κ2) is 12.1. The van der Waals surface area contributed by atoms with Gasteiger partial charge in [0.1, 0.15) is 11.4 Å². The van der Waals surface area contributed by atoms with E-state index in [1.54, 1.807) is 12.1 Å². The van der Waals surface area contributed by atoms with Crippen molar-refractivity contribution in [1.82, 2.24) is 24.9 Å². The number of hydrogen-bond acceptors (Lipinski definition) is 7. The molecule has 2 aromatic heterocycles. The van der Waals surface area contributed by atoms with Crippen LogP contribution in [0.25, 0.3) is 22.2 Å². The molecule has 4 aromatic rings. The summed E-state index contributed by atoms with van der Waals surface area (Å²) in [7, 11) is 0. The lowest BCUT2D eigenvalue weighted by Gasteiger charge is -2.11. The molecule has 36 heavy (non-hydrogen) atoms. The van der Waals surface area contributed by atoms with E-state index >= 15 is 0 Å². The molecule has 1 fully saturated rings. The first-order valence-corrected chi connectivity index (χ1v) is 12.6. The number of ether oxygens (including phenoxy) is 3. The second-order valence-electron chi connectivity index (χ2n) is 8.88. The lowest BCUT2D eigenvalue weighted by atomic mass is 10.1. The van der Waals surface area contributed by atoms with Crippen molar-refractivity contribution in [1.29, 1.82) is 0 Å². The lowest BCUT2D eigenvalue weighted by Crippen LogP contribution is -2.21. The third-order valence-corrected chi connectivity index (χ3v) is 6.13. The molecule has 0 radical (unpaired) electrons. The minimum atomic E-state index is -0.309. The third kappa shape index (κ3) is 6.11. The Morgan fingerprint density at radius 3 is 2.75 bits per heavy atom.